The number of nitrogens with one attached hydrogen (secondary N) is 2. The fourth-order valence-corrected chi connectivity index (χ4v) is 2.92. The van der Waals surface area contributed by atoms with Gasteiger partial charge in [0.2, 0.25) is 0 Å². The molecule has 2 aromatic rings. The van der Waals surface area contributed by atoms with Crippen LogP contribution in [0.3, 0.4) is 0 Å². The number of hydrogen-bond acceptors (Lipinski definition) is 4. The molecule has 0 saturated carbocycles. The van der Waals surface area contributed by atoms with E-state index in [0.29, 0.717) is 36.0 Å². The summed E-state index contributed by atoms with van der Waals surface area (Å²) in [5.41, 5.74) is -0.277. The van der Waals surface area contributed by atoms with Gasteiger partial charge < -0.3 is 10.6 Å². The van der Waals surface area contributed by atoms with Crippen LogP contribution in [0.5, 0.6) is 0 Å². The molecular formula is C17H18F4IN5S. The van der Waals surface area contributed by atoms with E-state index in [1.165, 1.54) is 18.2 Å². The van der Waals surface area contributed by atoms with Crippen molar-refractivity contribution in [1.82, 2.24) is 15.6 Å². The Balaban J connectivity index is 0.00000392. The van der Waals surface area contributed by atoms with Crippen LogP contribution in [-0.2, 0) is 19.1 Å². The molecular weight excluding hydrogens is 509 g/mol. The molecule has 2 rings (SSSR count). The molecule has 0 fully saturated rings. The van der Waals surface area contributed by atoms with Crippen molar-refractivity contribution in [3.05, 3.63) is 51.2 Å². The summed E-state index contributed by atoms with van der Waals surface area (Å²) in [7, 11) is 0. The van der Waals surface area contributed by atoms with Crippen molar-refractivity contribution in [2.24, 2.45) is 4.99 Å². The minimum atomic E-state index is -4.44. The summed E-state index contributed by atoms with van der Waals surface area (Å²) in [6.07, 6.45) is -4.15. The predicted octanol–water partition coefficient (Wildman–Crippen LogP) is 4.09. The monoisotopic (exact) mass is 527 g/mol. The lowest BCUT2D eigenvalue weighted by molar-refractivity contribution is -0.140. The first-order valence-electron chi connectivity index (χ1n) is 8.05. The van der Waals surface area contributed by atoms with Crippen LogP contribution >= 0.6 is 35.3 Å². The van der Waals surface area contributed by atoms with E-state index >= 15 is 0 Å². The number of halogens is 5. The van der Waals surface area contributed by atoms with E-state index in [9.17, 15) is 17.6 Å². The summed E-state index contributed by atoms with van der Waals surface area (Å²) >= 11 is 0.946. The number of aliphatic imine (C=N–C) groups is 1. The molecule has 0 aliphatic heterocycles. The van der Waals surface area contributed by atoms with Crippen LogP contribution in [0.2, 0.25) is 0 Å². The first kappa shape index (κ1) is 24.1. The number of guanidine groups is 1. The molecule has 0 aliphatic carbocycles. The average molecular weight is 527 g/mol. The summed E-state index contributed by atoms with van der Waals surface area (Å²) in [5.74, 6) is -0.0667. The van der Waals surface area contributed by atoms with Crippen LogP contribution in [0.1, 0.15) is 28.8 Å². The van der Waals surface area contributed by atoms with Gasteiger partial charge >= 0.3 is 6.18 Å². The Labute approximate surface area is 180 Å². The third-order valence-electron chi connectivity index (χ3n) is 3.40. The molecule has 0 radical (unpaired) electrons. The second-order valence-corrected chi connectivity index (χ2v) is 6.36. The van der Waals surface area contributed by atoms with Gasteiger partial charge in [0.05, 0.1) is 23.2 Å². The fraction of sp³-hybridized carbons (Fsp3) is 0.353. The highest BCUT2D eigenvalue weighted by molar-refractivity contribution is 14.0. The normalized spacial score (nSPS) is 11.5. The van der Waals surface area contributed by atoms with Crippen molar-refractivity contribution in [3.63, 3.8) is 0 Å². The van der Waals surface area contributed by atoms with E-state index in [2.05, 4.69) is 20.6 Å². The first-order chi connectivity index (χ1) is 12.8. The smallest absolute Gasteiger partial charge is 0.357 e. The predicted molar refractivity (Wildman–Crippen MR) is 110 cm³/mol. The number of thiazole rings is 1. The van der Waals surface area contributed by atoms with Gasteiger partial charge in [0.15, 0.2) is 11.7 Å². The van der Waals surface area contributed by atoms with E-state index in [1.54, 1.807) is 0 Å². The van der Waals surface area contributed by atoms with Crippen LogP contribution in [0.4, 0.5) is 17.6 Å². The van der Waals surface area contributed by atoms with Crippen molar-refractivity contribution < 1.29 is 17.6 Å². The van der Waals surface area contributed by atoms with Gasteiger partial charge in [-0.15, -0.1) is 35.3 Å². The van der Waals surface area contributed by atoms with Crippen LogP contribution in [0.15, 0.2) is 28.6 Å². The van der Waals surface area contributed by atoms with Crippen molar-refractivity contribution in [2.45, 2.75) is 26.1 Å². The van der Waals surface area contributed by atoms with Gasteiger partial charge in [0.1, 0.15) is 5.82 Å². The fourth-order valence-electron chi connectivity index (χ4n) is 2.12. The molecule has 0 amide bonds. The molecule has 1 heterocycles. The average Bonchev–Trinajstić information content (AvgIpc) is 3.10. The molecule has 1 aromatic carbocycles. The minimum Gasteiger partial charge on any atom is -0.357 e. The molecule has 0 bridgehead atoms. The Morgan fingerprint density at radius 2 is 2.07 bits per heavy atom. The van der Waals surface area contributed by atoms with E-state index in [1.807, 2.05) is 13.0 Å². The van der Waals surface area contributed by atoms with Gasteiger partial charge in [-0.2, -0.15) is 18.4 Å². The first-order valence-corrected chi connectivity index (χ1v) is 8.93. The lowest BCUT2D eigenvalue weighted by Crippen LogP contribution is -2.38. The molecule has 1 aromatic heterocycles. The Kier molecular flexibility index (Phi) is 9.60. The van der Waals surface area contributed by atoms with Crippen LogP contribution < -0.4 is 10.6 Å². The van der Waals surface area contributed by atoms with Crippen LogP contribution in [0, 0.1) is 17.1 Å². The molecule has 152 valence electrons. The van der Waals surface area contributed by atoms with Crippen molar-refractivity contribution in [3.8, 4) is 6.07 Å². The lowest BCUT2D eigenvalue weighted by Gasteiger charge is -2.11. The summed E-state index contributed by atoms with van der Waals surface area (Å²) in [6, 6.07) is 5.96. The molecule has 0 unspecified atom stereocenters. The maximum atomic E-state index is 13.8. The number of nitriles is 1. The molecule has 2 N–H and O–H groups in total. The van der Waals surface area contributed by atoms with Crippen LogP contribution in [0.25, 0.3) is 0 Å². The van der Waals surface area contributed by atoms with Gasteiger partial charge in [-0.1, -0.05) is 0 Å². The second-order valence-electron chi connectivity index (χ2n) is 5.41. The number of nitrogens with zero attached hydrogens (tertiary/aromatic N) is 3. The van der Waals surface area contributed by atoms with Gasteiger partial charge in [-0.3, -0.25) is 0 Å². The summed E-state index contributed by atoms with van der Waals surface area (Å²) < 4.78 is 51.4. The standard InChI is InChI=1S/C17H17F4N5S.HI/c1-2-23-16(25-9-12-7-11(8-22)3-4-13(12)18)24-6-5-15-26-14(10-27-15)17(19,20)21;/h3-4,7,10H,2,5-6,9H2,1H3,(H2,23,24,25);1H. The van der Waals surface area contributed by atoms with Crippen molar-refractivity contribution >= 4 is 41.3 Å². The quantitative estimate of drug-likeness (QED) is 0.257. The van der Waals surface area contributed by atoms with E-state index in [4.69, 9.17) is 5.26 Å². The van der Waals surface area contributed by atoms with Crippen molar-refractivity contribution in [1.29, 1.82) is 5.26 Å². The Hall–Kier alpha value is -1.94. The molecule has 5 nitrogen and oxygen atoms in total. The van der Waals surface area contributed by atoms with E-state index < -0.39 is 17.7 Å². The highest BCUT2D eigenvalue weighted by Gasteiger charge is 2.33. The maximum absolute atomic E-state index is 13.8. The largest absolute Gasteiger partial charge is 0.434 e. The van der Waals surface area contributed by atoms with Gasteiger partial charge in [-0.05, 0) is 25.1 Å². The minimum absolute atomic E-state index is 0. The third-order valence-corrected chi connectivity index (χ3v) is 4.31. The summed E-state index contributed by atoms with van der Waals surface area (Å²) in [4.78, 5) is 7.81. The zero-order chi connectivity index (χ0) is 19.9. The van der Waals surface area contributed by atoms with Gasteiger partial charge in [-0.25, -0.2) is 14.4 Å². The number of hydrogen-bond donors (Lipinski definition) is 2. The van der Waals surface area contributed by atoms with Crippen LogP contribution in [-0.4, -0.2) is 24.0 Å². The maximum Gasteiger partial charge on any atom is 0.434 e. The molecule has 0 atom stereocenters. The highest BCUT2D eigenvalue weighted by atomic mass is 127. The lowest BCUT2D eigenvalue weighted by atomic mass is 10.1. The number of rotatable bonds is 6. The molecule has 11 heteroatoms. The van der Waals surface area contributed by atoms with E-state index in [0.717, 1.165) is 16.7 Å². The van der Waals surface area contributed by atoms with E-state index in [-0.39, 0.29) is 36.1 Å². The third kappa shape index (κ3) is 7.23. The number of alkyl halides is 3. The highest BCUT2D eigenvalue weighted by Crippen LogP contribution is 2.29. The number of aromatic nitrogens is 1. The molecule has 28 heavy (non-hydrogen) atoms. The van der Waals surface area contributed by atoms with Gasteiger partial charge in [0.25, 0.3) is 0 Å². The Morgan fingerprint density at radius 1 is 1.32 bits per heavy atom. The molecule has 0 saturated heterocycles. The summed E-state index contributed by atoms with van der Waals surface area (Å²) in [6.45, 7) is 2.75. The molecule has 0 spiro atoms. The Bertz CT molecular complexity index is 845. The Morgan fingerprint density at radius 3 is 2.68 bits per heavy atom. The second kappa shape index (κ2) is 11.2. The number of benzene rings is 1. The zero-order valence-electron chi connectivity index (χ0n) is 14.8. The summed E-state index contributed by atoms with van der Waals surface area (Å²) in [5, 5.41) is 16.2. The molecule has 0 aliphatic rings. The van der Waals surface area contributed by atoms with Crippen molar-refractivity contribution in [2.75, 3.05) is 13.1 Å². The SMILES string of the molecule is CCNC(=NCc1cc(C#N)ccc1F)NCCc1nc(C(F)(F)F)cs1.I. The van der Waals surface area contributed by atoms with Gasteiger partial charge in [0, 0.05) is 30.5 Å². The topological polar surface area (TPSA) is 73.1 Å². The zero-order valence-corrected chi connectivity index (χ0v) is 18.0.